The second kappa shape index (κ2) is 8.79. The highest BCUT2D eigenvalue weighted by atomic mass is 35.5. The van der Waals surface area contributed by atoms with Crippen LogP contribution in [0.4, 0.5) is 0 Å². The van der Waals surface area contributed by atoms with E-state index in [2.05, 4.69) is 5.32 Å². The zero-order chi connectivity index (χ0) is 22.1. The van der Waals surface area contributed by atoms with Crippen molar-refractivity contribution in [2.75, 3.05) is 13.1 Å². The van der Waals surface area contributed by atoms with Gasteiger partial charge in [0.2, 0.25) is 5.91 Å². The zero-order valence-electron chi connectivity index (χ0n) is 17.7. The van der Waals surface area contributed by atoms with Gasteiger partial charge in [-0.15, -0.1) is 0 Å². The Hall–Kier alpha value is -3.12. The van der Waals surface area contributed by atoms with Gasteiger partial charge in [-0.2, -0.15) is 5.10 Å². The Morgan fingerprint density at radius 1 is 1.00 bits per heavy atom. The fourth-order valence-corrected chi connectivity index (χ4v) is 4.27. The summed E-state index contributed by atoms with van der Waals surface area (Å²) in [6.07, 6.45) is 3.75. The zero-order valence-corrected chi connectivity index (χ0v) is 18.5. The summed E-state index contributed by atoms with van der Waals surface area (Å²) in [7, 11) is 0. The van der Waals surface area contributed by atoms with Gasteiger partial charge < -0.3 is 10.2 Å². The molecule has 5 rings (SSSR count). The van der Waals surface area contributed by atoms with Gasteiger partial charge in [-0.3, -0.25) is 9.59 Å². The molecule has 1 aliphatic carbocycles. The Kier molecular flexibility index (Phi) is 5.70. The van der Waals surface area contributed by atoms with Crippen LogP contribution < -0.4 is 5.32 Å². The fourth-order valence-electron chi connectivity index (χ4n) is 4.15. The third kappa shape index (κ3) is 4.41. The molecular formula is C25H25ClN4O2. The van der Waals surface area contributed by atoms with Gasteiger partial charge in [0.15, 0.2) is 0 Å². The number of carbonyl (C=O) groups excluding carboxylic acids is 2. The summed E-state index contributed by atoms with van der Waals surface area (Å²) in [5, 5.41) is 8.48. The van der Waals surface area contributed by atoms with Crippen molar-refractivity contribution in [3.05, 3.63) is 71.4 Å². The number of hydrogen-bond acceptors (Lipinski definition) is 3. The highest BCUT2D eigenvalue weighted by Gasteiger charge is 2.33. The van der Waals surface area contributed by atoms with Crippen LogP contribution in [0.2, 0.25) is 5.02 Å². The van der Waals surface area contributed by atoms with E-state index in [1.165, 1.54) is 0 Å². The van der Waals surface area contributed by atoms with Gasteiger partial charge in [-0.1, -0.05) is 41.9 Å². The lowest BCUT2D eigenvalue weighted by Gasteiger charge is -2.32. The van der Waals surface area contributed by atoms with Crippen LogP contribution in [0.3, 0.4) is 0 Å². The predicted molar refractivity (Wildman–Crippen MR) is 124 cm³/mol. The lowest BCUT2D eigenvalue weighted by molar-refractivity contribution is -0.126. The van der Waals surface area contributed by atoms with Gasteiger partial charge in [-0.05, 0) is 56.0 Å². The number of likely N-dealkylation sites (tertiary alicyclic amines) is 1. The summed E-state index contributed by atoms with van der Waals surface area (Å²) >= 11 is 6.04. The van der Waals surface area contributed by atoms with Crippen LogP contribution in [-0.4, -0.2) is 45.6 Å². The van der Waals surface area contributed by atoms with Gasteiger partial charge in [0.1, 0.15) is 5.69 Å². The lowest BCUT2D eigenvalue weighted by atomic mass is 9.96. The molecule has 1 N–H and O–H groups in total. The molecule has 1 aromatic heterocycles. The molecule has 1 aliphatic heterocycles. The summed E-state index contributed by atoms with van der Waals surface area (Å²) in [4.78, 5) is 28.0. The molecule has 1 atom stereocenters. The molecule has 0 spiro atoms. The first kappa shape index (κ1) is 20.8. The Balaban J connectivity index is 1.45. The van der Waals surface area contributed by atoms with Crippen molar-refractivity contribution in [3.63, 3.8) is 0 Å². The first-order valence-electron chi connectivity index (χ1n) is 11.1. The molecule has 1 saturated carbocycles. The van der Waals surface area contributed by atoms with Gasteiger partial charge >= 0.3 is 0 Å². The Morgan fingerprint density at radius 2 is 1.75 bits per heavy atom. The Labute approximate surface area is 192 Å². The van der Waals surface area contributed by atoms with Crippen LogP contribution in [-0.2, 0) is 4.79 Å². The van der Waals surface area contributed by atoms with Crippen LogP contribution in [0, 0.1) is 5.92 Å². The minimum atomic E-state index is -0.155. The number of halogens is 1. The highest BCUT2D eigenvalue weighted by molar-refractivity contribution is 6.30. The molecule has 6 nitrogen and oxygen atoms in total. The minimum absolute atomic E-state index is 0.0726. The van der Waals surface area contributed by atoms with E-state index in [0.29, 0.717) is 35.5 Å². The number of hydrogen-bond donors (Lipinski definition) is 1. The van der Waals surface area contributed by atoms with Crippen LogP contribution in [0.5, 0.6) is 0 Å². The number of rotatable bonds is 5. The van der Waals surface area contributed by atoms with Crippen molar-refractivity contribution >= 4 is 23.4 Å². The second-order valence-electron chi connectivity index (χ2n) is 8.54. The first-order chi connectivity index (χ1) is 15.6. The van der Waals surface area contributed by atoms with Crippen LogP contribution in [0.1, 0.15) is 36.2 Å². The summed E-state index contributed by atoms with van der Waals surface area (Å²) in [5.41, 5.74) is 2.90. The van der Waals surface area contributed by atoms with Crippen LogP contribution in [0.15, 0.2) is 60.7 Å². The van der Waals surface area contributed by atoms with Crippen molar-refractivity contribution in [3.8, 4) is 16.9 Å². The van der Waals surface area contributed by atoms with E-state index in [-0.39, 0.29) is 17.7 Å². The van der Waals surface area contributed by atoms with Gasteiger partial charge in [0.05, 0.1) is 17.3 Å². The van der Waals surface area contributed by atoms with E-state index >= 15 is 0 Å². The molecule has 3 aromatic rings. The van der Waals surface area contributed by atoms with Gasteiger partial charge in [0.25, 0.3) is 5.91 Å². The summed E-state index contributed by atoms with van der Waals surface area (Å²) in [6, 6.07) is 19.2. The average Bonchev–Trinajstić information content (AvgIpc) is 3.54. The largest absolute Gasteiger partial charge is 0.353 e. The van der Waals surface area contributed by atoms with Gasteiger partial charge in [0, 0.05) is 29.7 Å². The normalized spacial score (nSPS) is 18.4. The van der Waals surface area contributed by atoms with E-state index in [0.717, 1.165) is 36.9 Å². The number of nitrogens with one attached hydrogen (secondary N) is 1. The van der Waals surface area contributed by atoms with E-state index < -0.39 is 0 Å². The molecule has 2 aromatic carbocycles. The minimum Gasteiger partial charge on any atom is -0.353 e. The maximum absolute atomic E-state index is 13.6. The molecule has 7 heteroatoms. The van der Waals surface area contributed by atoms with Crippen LogP contribution in [0.25, 0.3) is 16.9 Å². The Bertz CT molecular complexity index is 1120. The van der Waals surface area contributed by atoms with Crippen molar-refractivity contribution in [2.45, 2.75) is 31.7 Å². The summed E-state index contributed by atoms with van der Waals surface area (Å²) in [5.74, 6) is -0.189. The van der Waals surface area contributed by atoms with E-state index in [1.807, 2.05) is 60.7 Å². The maximum Gasteiger partial charge on any atom is 0.272 e. The number of piperidine rings is 1. The molecule has 1 unspecified atom stereocenters. The number of nitrogens with zero attached hydrogens (tertiary/aromatic N) is 3. The fraction of sp³-hybridized carbons (Fsp3) is 0.320. The van der Waals surface area contributed by atoms with Gasteiger partial charge in [-0.25, -0.2) is 4.68 Å². The smallest absolute Gasteiger partial charge is 0.272 e. The molecular weight excluding hydrogens is 424 g/mol. The number of carbonyl (C=O) groups is 2. The quantitative estimate of drug-likeness (QED) is 0.632. The SMILES string of the molecule is O=C(NC1CC1)C1CCCN(C(=O)c2cc(-c3ccc(Cl)cc3)nn2-c2ccccc2)C1. The standard InChI is InChI=1S/C25H25ClN4O2/c26-19-10-8-17(9-11-19)22-15-23(30(28-22)21-6-2-1-3-7-21)25(32)29-14-4-5-18(16-29)24(31)27-20-12-13-20/h1-3,6-11,15,18,20H,4-5,12-14,16H2,(H,27,31). The number of para-hydroxylation sites is 1. The molecule has 2 aliphatic rings. The number of amides is 2. The monoisotopic (exact) mass is 448 g/mol. The topological polar surface area (TPSA) is 67.2 Å². The molecule has 164 valence electrons. The third-order valence-electron chi connectivity index (χ3n) is 6.07. The highest BCUT2D eigenvalue weighted by Crippen LogP contribution is 2.27. The predicted octanol–water partition coefficient (Wildman–Crippen LogP) is 4.32. The van der Waals surface area contributed by atoms with Crippen molar-refractivity contribution in [1.82, 2.24) is 20.0 Å². The molecule has 0 bridgehead atoms. The molecule has 2 heterocycles. The van der Waals surface area contributed by atoms with E-state index in [9.17, 15) is 9.59 Å². The van der Waals surface area contributed by atoms with Crippen molar-refractivity contribution in [1.29, 1.82) is 0 Å². The molecule has 2 amide bonds. The number of benzene rings is 2. The maximum atomic E-state index is 13.6. The molecule has 32 heavy (non-hydrogen) atoms. The first-order valence-corrected chi connectivity index (χ1v) is 11.5. The lowest BCUT2D eigenvalue weighted by Crippen LogP contribution is -2.46. The molecule has 0 radical (unpaired) electrons. The number of aromatic nitrogens is 2. The molecule has 2 fully saturated rings. The summed E-state index contributed by atoms with van der Waals surface area (Å²) in [6.45, 7) is 1.08. The second-order valence-corrected chi connectivity index (χ2v) is 8.98. The summed E-state index contributed by atoms with van der Waals surface area (Å²) < 4.78 is 1.69. The van der Waals surface area contributed by atoms with Crippen molar-refractivity contribution in [2.24, 2.45) is 5.92 Å². The third-order valence-corrected chi connectivity index (χ3v) is 6.32. The molecule has 1 saturated heterocycles. The Morgan fingerprint density at radius 3 is 2.47 bits per heavy atom. The average molecular weight is 449 g/mol. The van der Waals surface area contributed by atoms with Crippen molar-refractivity contribution < 1.29 is 9.59 Å². The van der Waals surface area contributed by atoms with Crippen LogP contribution >= 0.6 is 11.6 Å². The van der Waals surface area contributed by atoms with E-state index in [4.69, 9.17) is 16.7 Å². The van der Waals surface area contributed by atoms with E-state index in [1.54, 1.807) is 9.58 Å².